The number of esters is 1. The molecule has 0 aromatic heterocycles. The van der Waals surface area contributed by atoms with E-state index in [0.29, 0.717) is 12.1 Å². The lowest BCUT2D eigenvalue weighted by molar-refractivity contribution is -0.114. The van der Waals surface area contributed by atoms with Gasteiger partial charge >= 0.3 is 5.97 Å². The lowest BCUT2D eigenvalue weighted by Gasteiger charge is -2.23. The van der Waals surface area contributed by atoms with Gasteiger partial charge in [-0.3, -0.25) is 14.5 Å². The number of nitrogens with zero attached hydrogens (tertiary/aromatic N) is 1. The monoisotopic (exact) mass is 492 g/mol. The molecule has 0 bridgehead atoms. The molecule has 0 radical (unpaired) electrons. The van der Waals surface area contributed by atoms with Crippen molar-refractivity contribution in [3.05, 3.63) is 82.9 Å². The number of benzene rings is 3. The van der Waals surface area contributed by atoms with Crippen molar-refractivity contribution in [3.8, 4) is 0 Å². The number of ether oxygens (including phenoxy) is 1. The van der Waals surface area contributed by atoms with Crippen molar-refractivity contribution >= 4 is 39.0 Å². The predicted octanol–water partition coefficient (Wildman–Crippen LogP) is 3.78. The summed E-state index contributed by atoms with van der Waals surface area (Å²) >= 11 is 0. The van der Waals surface area contributed by atoms with Crippen LogP contribution < -0.4 is 10.2 Å². The van der Waals surface area contributed by atoms with Crippen LogP contribution in [0, 0.1) is 6.92 Å². The Morgan fingerprint density at radius 3 is 2.46 bits per heavy atom. The lowest BCUT2D eigenvalue weighted by atomic mass is 10.1. The molecular weight excluding hydrogens is 468 g/mol. The van der Waals surface area contributed by atoms with E-state index in [9.17, 15) is 22.8 Å². The van der Waals surface area contributed by atoms with Gasteiger partial charge in [0.2, 0.25) is 15.7 Å². The lowest BCUT2D eigenvalue weighted by Crippen LogP contribution is -2.38. The minimum Gasteiger partial charge on any atom is -0.465 e. The van der Waals surface area contributed by atoms with Crippen LogP contribution in [0.4, 0.5) is 11.4 Å². The quantitative estimate of drug-likeness (QED) is 0.543. The van der Waals surface area contributed by atoms with Gasteiger partial charge in [0, 0.05) is 5.69 Å². The highest BCUT2D eigenvalue weighted by Crippen LogP contribution is 2.37. The molecule has 35 heavy (non-hydrogen) atoms. The van der Waals surface area contributed by atoms with Crippen LogP contribution in [0.15, 0.2) is 70.5 Å². The molecule has 1 aliphatic rings. The molecule has 3 aromatic rings. The second kappa shape index (κ2) is 9.34. The Balaban J connectivity index is 1.84. The maximum absolute atomic E-state index is 13.6. The van der Waals surface area contributed by atoms with Gasteiger partial charge in [0.05, 0.1) is 33.7 Å². The van der Waals surface area contributed by atoms with E-state index < -0.39 is 34.2 Å². The van der Waals surface area contributed by atoms with Crippen LogP contribution in [0.5, 0.6) is 0 Å². The smallest absolute Gasteiger partial charge is 0.337 e. The van der Waals surface area contributed by atoms with E-state index in [0.717, 1.165) is 16.0 Å². The van der Waals surface area contributed by atoms with Gasteiger partial charge in [-0.15, -0.1) is 0 Å². The largest absolute Gasteiger partial charge is 0.465 e. The standard InChI is InChI=1S/C26H24N2O6S/c1-4-17-9-7-8-16(2)24(17)27-23(29)15-28-20-14-18(26(31)34-3)12-13-22(20)35(32,33)21-11-6-5-10-19(21)25(28)30/h5-14H,4,15H2,1-3H3,(H,27,29). The van der Waals surface area contributed by atoms with Crippen LogP contribution in [0.1, 0.15) is 38.8 Å². The molecule has 180 valence electrons. The number of para-hydroxylation sites is 1. The van der Waals surface area contributed by atoms with Crippen LogP contribution in [0.3, 0.4) is 0 Å². The fraction of sp³-hybridized carbons (Fsp3) is 0.192. The number of carbonyl (C=O) groups is 3. The van der Waals surface area contributed by atoms with Gasteiger partial charge in [0.15, 0.2) is 0 Å². The van der Waals surface area contributed by atoms with Gasteiger partial charge < -0.3 is 10.1 Å². The third kappa shape index (κ3) is 4.30. The third-order valence-corrected chi connectivity index (χ3v) is 7.78. The summed E-state index contributed by atoms with van der Waals surface area (Å²) in [5, 5.41) is 2.87. The number of amides is 2. The summed E-state index contributed by atoms with van der Waals surface area (Å²) in [4.78, 5) is 39.7. The Labute approximate surface area is 203 Å². The van der Waals surface area contributed by atoms with E-state index in [1.165, 1.54) is 43.5 Å². The van der Waals surface area contributed by atoms with Crippen LogP contribution in [0.2, 0.25) is 0 Å². The maximum atomic E-state index is 13.6. The van der Waals surface area contributed by atoms with E-state index in [4.69, 9.17) is 4.74 Å². The van der Waals surface area contributed by atoms with E-state index in [1.54, 1.807) is 6.07 Å². The number of sulfone groups is 1. The molecule has 1 heterocycles. The average molecular weight is 493 g/mol. The van der Waals surface area contributed by atoms with Crippen molar-refractivity contribution in [1.82, 2.24) is 0 Å². The van der Waals surface area contributed by atoms with Crippen LogP contribution >= 0.6 is 0 Å². The molecule has 0 unspecified atom stereocenters. The first-order valence-corrected chi connectivity index (χ1v) is 12.4. The highest BCUT2D eigenvalue weighted by Gasteiger charge is 2.37. The van der Waals surface area contributed by atoms with E-state index >= 15 is 0 Å². The number of anilines is 2. The minimum atomic E-state index is -4.11. The number of carbonyl (C=O) groups excluding carboxylic acids is 3. The van der Waals surface area contributed by atoms with Crippen LogP contribution in [0.25, 0.3) is 0 Å². The highest BCUT2D eigenvalue weighted by molar-refractivity contribution is 7.91. The number of rotatable bonds is 5. The van der Waals surface area contributed by atoms with Gasteiger partial charge in [0.1, 0.15) is 6.54 Å². The van der Waals surface area contributed by atoms with Crippen molar-refractivity contribution in [2.75, 3.05) is 23.9 Å². The normalized spacial score (nSPS) is 13.9. The zero-order chi connectivity index (χ0) is 25.3. The fourth-order valence-electron chi connectivity index (χ4n) is 4.13. The molecule has 0 saturated carbocycles. The zero-order valence-electron chi connectivity index (χ0n) is 19.5. The summed E-state index contributed by atoms with van der Waals surface area (Å²) in [6, 6.07) is 15.4. The first-order chi connectivity index (χ1) is 16.7. The third-order valence-electron chi connectivity index (χ3n) is 5.92. The average Bonchev–Trinajstić information content (AvgIpc) is 2.92. The van der Waals surface area contributed by atoms with Crippen LogP contribution in [-0.2, 0) is 25.8 Å². The molecule has 0 atom stereocenters. The van der Waals surface area contributed by atoms with E-state index in [-0.39, 0.29) is 26.6 Å². The van der Waals surface area contributed by atoms with E-state index in [2.05, 4.69) is 5.32 Å². The summed E-state index contributed by atoms with van der Waals surface area (Å²) in [5.74, 6) is -1.87. The number of nitrogens with one attached hydrogen (secondary N) is 1. The summed E-state index contributed by atoms with van der Waals surface area (Å²) in [6.45, 7) is 3.37. The summed E-state index contributed by atoms with van der Waals surface area (Å²) in [5.41, 5.74) is 2.38. The molecule has 1 aliphatic heterocycles. The van der Waals surface area contributed by atoms with E-state index in [1.807, 2.05) is 32.0 Å². The molecule has 3 aromatic carbocycles. The summed E-state index contributed by atoms with van der Waals surface area (Å²) < 4.78 is 31.7. The zero-order valence-corrected chi connectivity index (χ0v) is 20.3. The highest BCUT2D eigenvalue weighted by atomic mass is 32.2. The number of hydrogen-bond acceptors (Lipinski definition) is 6. The summed E-state index contributed by atoms with van der Waals surface area (Å²) in [7, 11) is -2.91. The van der Waals surface area contributed by atoms with Gasteiger partial charge in [-0.05, 0) is 54.8 Å². The van der Waals surface area contributed by atoms with Gasteiger partial charge in [-0.1, -0.05) is 37.3 Å². The van der Waals surface area contributed by atoms with Crippen molar-refractivity contribution in [2.45, 2.75) is 30.1 Å². The molecule has 9 heteroatoms. The molecule has 0 saturated heterocycles. The van der Waals surface area contributed by atoms with Crippen molar-refractivity contribution in [1.29, 1.82) is 0 Å². The number of fused-ring (bicyclic) bond motifs is 2. The molecule has 0 spiro atoms. The summed E-state index contributed by atoms with van der Waals surface area (Å²) in [6.07, 6.45) is 0.691. The first-order valence-electron chi connectivity index (χ1n) is 11.0. The SMILES string of the molecule is CCc1cccc(C)c1NC(=O)CN1C(=O)c2ccccc2S(=O)(=O)c2ccc(C(=O)OC)cc21. The van der Waals surface area contributed by atoms with Gasteiger partial charge in [0.25, 0.3) is 5.91 Å². The molecule has 0 aliphatic carbocycles. The van der Waals surface area contributed by atoms with Crippen molar-refractivity contribution < 1.29 is 27.5 Å². The molecule has 2 amide bonds. The number of hydrogen-bond donors (Lipinski definition) is 1. The Morgan fingerprint density at radius 2 is 1.74 bits per heavy atom. The molecule has 0 fully saturated rings. The Morgan fingerprint density at radius 1 is 1.00 bits per heavy atom. The second-order valence-corrected chi connectivity index (χ2v) is 9.96. The van der Waals surface area contributed by atoms with Crippen molar-refractivity contribution in [3.63, 3.8) is 0 Å². The minimum absolute atomic E-state index is 0.0535. The molecular formula is C26H24N2O6S. The van der Waals surface area contributed by atoms with Crippen molar-refractivity contribution in [2.24, 2.45) is 0 Å². The first kappa shape index (κ1) is 24.2. The number of aryl methyl sites for hydroxylation is 2. The van der Waals surface area contributed by atoms with Gasteiger partial charge in [-0.2, -0.15) is 0 Å². The fourth-order valence-corrected chi connectivity index (χ4v) is 5.76. The maximum Gasteiger partial charge on any atom is 0.337 e. The van der Waals surface area contributed by atoms with Crippen LogP contribution in [-0.4, -0.2) is 39.9 Å². The Hall–Kier alpha value is -3.98. The predicted molar refractivity (Wildman–Crippen MR) is 131 cm³/mol. The molecule has 8 nitrogen and oxygen atoms in total. The second-order valence-electron chi connectivity index (χ2n) is 8.08. The topological polar surface area (TPSA) is 110 Å². The molecule has 1 N–H and O–H groups in total. The van der Waals surface area contributed by atoms with Gasteiger partial charge in [-0.25, -0.2) is 13.2 Å². The Bertz CT molecular complexity index is 1460. The Kier molecular flexibility index (Phi) is 6.45. The molecule has 4 rings (SSSR count). The number of methoxy groups -OCH3 is 1.